The van der Waals surface area contributed by atoms with Gasteiger partial charge in [-0.1, -0.05) is 13.0 Å². The molecule has 1 aromatic carbocycles. The van der Waals surface area contributed by atoms with E-state index in [4.69, 9.17) is 20.9 Å². The summed E-state index contributed by atoms with van der Waals surface area (Å²) in [6.45, 7) is 1.29. The largest absolute Gasteiger partial charge is 0.482 e. The van der Waals surface area contributed by atoms with Crippen molar-refractivity contribution in [2.45, 2.75) is 6.92 Å². The smallest absolute Gasteiger partial charge is 0.344 e. The highest BCUT2D eigenvalue weighted by Crippen LogP contribution is 2.14. The first kappa shape index (κ1) is 13.8. The second-order valence-corrected chi connectivity index (χ2v) is 3.85. The van der Waals surface area contributed by atoms with E-state index < -0.39 is 17.8 Å². The molecule has 0 aliphatic rings. The molecule has 0 heterocycles. The molecule has 6 nitrogen and oxygen atoms in total. The predicted octanol–water partition coefficient (Wildman–Crippen LogP) is 0.312. The Morgan fingerprint density at radius 2 is 2.11 bits per heavy atom. The van der Waals surface area contributed by atoms with Gasteiger partial charge in [0, 0.05) is 11.8 Å². The van der Waals surface area contributed by atoms with Gasteiger partial charge in [0.15, 0.2) is 6.61 Å². The third-order valence-corrected chi connectivity index (χ3v) is 2.19. The van der Waals surface area contributed by atoms with Crippen LogP contribution in [0.2, 0.25) is 0 Å². The zero-order valence-electron chi connectivity index (χ0n) is 10.1. The number of carbonyl (C=O) groups is 2. The molecule has 6 heteroatoms. The first-order valence-electron chi connectivity index (χ1n) is 5.42. The second-order valence-electron chi connectivity index (χ2n) is 3.85. The zero-order chi connectivity index (χ0) is 13.5. The quantitative estimate of drug-likeness (QED) is 0.560. The Hall–Kier alpha value is -2.24. The van der Waals surface area contributed by atoms with Crippen LogP contribution in [0, 0.1) is 5.92 Å². The van der Waals surface area contributed by atoms with E-state index >= 15 is 0 Å². The minimum Gasteiger partial charge on any atom is -0.482 e. The number of anilines is 1. The molecule has 1 amide bonds. The van der Waals surface area contributed by atoms with Crippen LogP contribution in [-0.4, -0.2) is 25.1 Å². The van der Waals surface area contributed by atoms with Crippen molar-refractivity contribution in [3.63, 3.8) is 0 Å². The fourth-order valence-electron chi connectivity index (χ4n) is 1.09. The molecule has 1 aromatic rings. The van der Waals surface area contributed by atoms with Crippen LogP contribution in [0.15, 0.2) is 24.3 Å². The Morgan fingerprint density at radius 3 is 2.72 bits per heavy atom. The molecule has 0 spiro atoms. The van der Waals surface area contributed by atoms with E-state index in [9.17, 15) is 9.59 Å². The van der Waals surface area contributed by atoms with Crippen molar-refractivity contribution in [1.29, 1.82) is 0 Å². The van der Waals surface area contributed by atoms with Gasteiger partial charge in [0.2, 0.25) is 5.91 Å². The predicted molar refractivity (Wildman–Crippen MR) is 65.7 cm³/mol. The number of amides is 1. The lowest BCUT2D eigenvalue weighted by Gasteiger charge is -2.09. The number of esters is 1. The van der Waals surface area contributed by atoms with Crippen molar-refractivity contribution in [2.24, 2.45) is 11.7 Å². The van der Waals surface area contributed by atoms with Crippen LogP contribution in [0.4, 0.5) is 5.69 Å². The molecule has 0 aliphatic heterocycles. The van der Waals surface area contributed by atoms with Gasteiger partial charge in [-0.05, 0) is 12.1 Å². The third-order valence-electron chi connectivity index (χ3n) is 2.19. The fraction of sp³-hybridized carbons (Fsp3) is 0.333. The van der Waals surface area contributed by atoms with Crippen molar-refractivity contribution < 1.29 is 19.1 Å². The molecule has 18 heavy (non-hydrogen) atoms. The van der Waals surface area contributed by atoms with Crippen molar-refractivity contribution in [3.05, 3.63) is 24.3 Å². The summed E-state index contributed by atoms with van der Waals surface area (Å²) < 4.78 is 9.99. The number of hydrogen-bond acceptors (Lipinski definition) is 5. The average molecular weight is 252 g/mol. The SMILES string of the molecule is CC(COC(=O)COc1cccc(N)c1)C(N)=O. The molecule has 1 rings (SSSR count). The molecule has 0 aromatic heterocycles. The van der Waals surface area contributed by atoms with Gasteiger partial charge in [-0.15, -0.1) is 0 Å². The summed E-state index contributed by atoms with van der Waals surface area (Å²) in [5.74, 6) is -1.11. The maximum atomic E-state index is 11.3. The number of primary amides is 1. The molecule has 0 saturated heterocycles. The van der Waals surface area contributed by atoms with Gasteiger partial charge < -0.3 is 20.9 Å². The number of benzene rings is 1. The van der Waals surface area contributed by atoms with E-state index in [1.807, 2.05) is 0 Å². The zero-order valence-corrected chi connectivity index (χ0v) is 10.1. The lowest BCUT2D eigenvalue weighted by molar-refractivity contribution is -0.148. The lowest BCUT2D eigenvalue weighted by Crippen LogP contribution is -2.27. The van der Waals surface area contributed by atoms with E-state index in [-0.39, 0.29) is 13.2 Å². The van der Waals surface area contributed by atoms with E-state index in [2.05, 4.69) is 0 Å². The maximum absolute atomic E-state index is 11.3. The highest BCUT2D eigenvalue weighted by Gasteiger charge is 2.12. The van der Waals surface area contributed by atoms with Gasteiger partial charge in [-0.3, -0.25) is 4.79 Å². The number of rotatable bonds is 6. The molecule has 0 bridgehead atoms. The molecule has 1 unspecified atom stereocenters. The van der Waals surface area contributed by atoms with Crippen LogP contribution >= 0.6 is 0 Å². The molecular formula is C12H16N2O4. The number of ether oxygens (including phenoxy) is 2. The minimum atomic E-state index is -0.564. The Kier molecular flexibility index (Phi) is 4.98. The monoisotopic (exact) mass is 252 g/mol. The van der Waals surface area contributed by atoms with E-state index in [1.165, 1.54) is 0 Å². The average Bonchev–Trinajstić information content (AvgIpc) is 2.33. The molecule has 0 saturated carbocycles. The molecule has 1 atom stereocenters. The second kappa shape index (κ2) is 6.48. The molecule has 0 aliphatic carbocycles. The summed E-state index contributed by atoms with van der Waals surface area (Å²) in [5.41, 5.74) is 11.1. The summed E-state index contributed by atoms with van der Waals surface area (Å²) >= 11 is 0. The Morgan fingerprint density at radius 1 is 1.39 bits per heavy atom. The van der Waals surface area contributed by atoms with Crippen LogP contribution in [0.3, 0.4) is 0 Å². The van der Waals surface area contributed by atoms with Gasteiger partial charge in [0.05, 0.1) is 5.92 Å². The van der Waals surface area contributed by atoms with E-state index in [0.717, 1.165) is 0 Å². The van der Waals surface area contributed by atoms with Gasteiger partial charge in [0.1, 0.15) is 12.4 Å². The van der Waals surface area contributed by atoms with Crippen molar-refractivity contribution in [3.8, 4) is 5.75 Å². The van der Waals surface area contributed by atoms with Gasteiger partial charge in [0.25, 0.3) is 0 Å². The summed E-state index contributed by atoms with van der Waals surface area (Å²) in [6.07, 6.45) is 0. The van der Waals surface area contributed by atoms with Crippen LogP contribution in [0.25, 0.3) is 0 Å². The normalized spacial score (nSPS) is 11.6. The molecule has 0 fully saturated rings. The molecule has 4 N–H and O–H groups in total. The molecule has 98 valence electrons. The fourth-order valence-corrected chi connectivity index (χ4v) is 1.09. The molecular weight excluding hydrogens is 236 g/mol. The van der Waals surface area contributed by atoms with Crippen LogP contribution in [0.5, 0.6) is 5.75 Å². The number of hydrogen-bond donors (Lipinski definition) is 2. The third kappa shape index (κ3) is 4.73. The standard InChI is InChI=1S/C12H16N2O4/c1-8(12(14)16)6-18-11(15)7-17-10-4-2-3-9(13)5-10/h2-5,8H,6-7,13H2,1H3,(H2,14,16). The number of nitrogen functional groups attached to an aromatic ring is 1. The van der Waals surface area contributed by atoms with E-state index in [0.29, 0.717) is 11.4 Å². The van der Waals surface area contributed by atoms with Gasteiger partial charge in [-0.2, -0.15) is 0 Å². The molecule has 0 radical (unpaired) electrons. The Balaban J connectivity index is 2.31. The lowest BCUT2D eigenvalue weighted by atomic mass is 10.2. The van der Waals surface area contributed by atoms with E-state index in [1.54, 1.807) is 31.2 Å². The Bertz CT molecular complexity index is 434. The highest BCUT2D eigenvalue weighted by atomic mass is 16.6. The summed E-state index contributed by atoms with van der Waals surface area (Å²) in [6, 6.07) is 6.69. The first-order chi connectivity index (χ1) is 8.49. The summed E-state index contributed by atoms with van der Waals surface area (Å²) in [4.78, 5) is 22.0. The van der Waals surface area contributed by atoms with Crippen LogP contribution < -0.4 is 16.2 Å². The van der Waals surface area contributed by atoms with Crippen molar-refractivity contribution in [2.75, 3.05) is 18.9 Å². The maximum Gasteiger partial charge on any atom is 0.344 e. The summed E-state index contributed by atoms with van der Waals surface area (Å²) in [5, 5.41) is 0. The van der Waals surface area contributed by atoms with Crippen molar-refractivity contribution >= 4 is 17.6 Å². The van der Waals surface area contributed by atoms with Gasteiger partial charge >= 0.3 is 5.97 Å². The van der Waals surface area contributed by atoms with Crippen LogP contribution in [0.1, 0.15) is 6.92 Å². The first-order valence-corrected chi connectivity index (χ1v) is 5.42. The highest BCUT2D eigenvalue weighted by molar-refractivity contribution is 5.77. The number of carbonyl (C=O) groups excluding carboxylic acids is 2. The summed E-state index contributed by atoms with van der Waals surface area (Å²) in [7, 11) is 0. The topological polar surface area (TPSA) is 105 Å². The minimum absolute atomic E-state index is 0.0472. The van der Waals surface area contributed by atoms with Gasteiger partial charge in [-0.25, -0.2) is 4.79 Å². The van der Waals surface area contributed by atoms with Crippen LogP contribution in [-0.2, 0) is 14.3 Å². The number of nitrogens with two attached hydrogens (primary N) is 2. The van der Waals surface area contributed by atoms with Crippen molar-refractivity contribution in [1.82, 2.24) is 0 Å². The Labute approximate surface area is 105 Å².